The molecule has 70 valence electrons. The summed E-state index contributed by atoms with van der Waals surface area (Å²) in [4.78, 5) is 0. The van der Waals surface area contributed by atoms with Crippen LogP contribution in [0.1, 0.15) is 0 Å². The summed E-state index contributed by atoms with van der Waals surface area (Å²) in [6.07, 6.45) is 0. The zero-order valence-electron chi connectivity index (χ0n) is 6.44. The largest absolute Gasteiger partial charge is 0.394 e. The molecule has 0 aromatic carbocycles. The van der Waals surface area contributed by atoms with Crippen molar-refractivity contribution in [2.24, 2.45) is 0 Å². The predicted octanol–water partition coefficient (Wildman–Crippen LogP) is -0.166. The van der Waals surface area contributed by atoms with Crippen molar-refractivity contribution in [1.82, 2.24) is 0 Å². The van der Waals surface area contributed by atoms with Crippen LogP contribution in [0.5, 0.6) is 0 Å². The van der Waals surface area contributed by atoms with E-state index in [1.807, 2.05) is 0 Å². The van der Waals surface area contributed by atoms with Gasteiger partial charge in [0.1, 0.15) is 0 Å². The molecule has 0 aromatic rings. The summed E-state index contributed by atoms with van der Waals surface area (Å²) < 4.78 is 4.98. The van der Waals surface area contributed by atoms with Crippen molar-refractivity contribution in [3.8, 4) is 0 Å². The van der Waals surface area contributed by atoms with Crippen molar-refractivity contribution < 1.29 is 14.9 Å². The molecule has 0 rings (SSSR count). The molecule has 0 aliphatic heterocycles. The van der Waals surface area contributed by atoms with Gasteiger partial charge in [0.25, 0.3) is 0 Å². The lowest BCUT2D eigenvalue weighted by Gasteiger charge is -1.94. The zero-order chi connectivity index (χ0) is 8.95. The van der Waals surface area contributed by atoms with Gasteiger partial charge in [0.15, 0.2) is 0 Å². The summed E-state index contributed by atoms with van der Waals surface area (Å²) in [6.45, 7) is 1.23. The maximum Gasteiger partial charge on any atom is 0.0662 e. The molecule has 3 nitrogen and oxygen atoms in total. The van der Waals surface area contributed by atoms with Gasteiger partial charge in [0, 0.05) is 11.5 Å². The van der Waals surface area contributed by atoms with Gasteiger partial charge in [-0.25, -0.2) is 0 Å². The molecular formula is C6H16O3S2. The average molecular weight is 200 g/mol. The van der Waals surface area contributed by atoms with E-state index in [0.29, 0.717) is 0 Å². The Bertz CT molecular complexity index is 49.1. The molecule has 0 saturated heterocycles. The van der Waals surface area contributed by atoms with E-state index in [1.54, 1.807) is 0 Å². The quantitative estimate of drug-likeness (QED) is 0.368. The first-order valence-electron chi connectivity index (χ1n) is 3.34. The minimum absolute atomic E-state index is 0.125. The number of aliphatic hydroxyl groups excluding tert-OH is 2. The first-order valence-corrected chi connectivity index (χ1v) is 4.61. The highest BCUT2D eigenvalue weighted by Gasteiger charge is 1.78. The van der Waals surface area contributed by atoms with Crippen LogP contribution in [0.25, 0.3) is 0 Å². The van der Waals surface area contributed by atoms with Gasteiger partial charge in [-0.2, -0.15) is 25.3 Å². The second-order valence-corrected chi connectivity index (χ2v) is 2.40. The number of hydrogen-bond donors (Lipinski definition) is 4. The van der Waals surface area contributed by atoms with Crippen LogP contribution in [0.2, 0.25) is 0 Å². The van der Waals surface area contributed by atoms with E-state index in [4.69, 9.17) is 14.9 Å². The minimum Gasteiger partial charge on any atom is -0.394 e. The molecule has 0 atom stereocenters. The third-order valence-electron chi connectivity index (χ3n) is 0.571. The van der Waals surface area contributed by atoms with Crippen LogP contribution in [0.3, 0.4) is 0 Å². The SMILES string of the molecule is OCCO.SCCOCCS. The molecule has 0 amide bonds. The molecule has 0 bridgehead atoms. The van der Waals surface area contributed by atoms with E-state index in [-0.39, 0.29) is 13.2 Å². The van der Waals surface area contributed by atoms with Crippen LogP contribution in [-0.2, 0) is 4.74 Å². The van der Waals surface area contributed by atoms with E-state index in [0.717, 1.165) is 24.7 Å². The molecule has 0 saturated carbocycles. The summed E-state index contributed by atoms with van der Waals surface area (Å²) in [5.41, 5.74) is 0. The smallest absolute Gasteiger partial charge is 0.0662 e. The standard InChI is InChI=1S/C4H10OS2.C2H6O2/c6-3-1-5-2-4-7;3-1-2-4/h6-7H,1-4H2;3-4H,1-2H2. The van der Waals surface area contributed by atoms with Crippen molar-refractivity contribution >= 4 is 25.3 Å². The van der Waals surface area contributed by atoms with Crippen LogP contribution in [-0.4, -0.2) is 48.1 Å². The molecule has 0 aliphatic carbocycles. The molecule has 0 radical (unpaired) electrons. The Kier molecular flexibility index (Phi) is 21.7. The number of hydrogen-bond acceptors (Lipinski definition) is 5. The molecule has 0 spiro atoms. The first-order chi connectivity index (χ1) is 5.33. The van der Waals surface area contributed by atoms with Crippen molar-refractivity contribution in [3.63, 3.8) is 0 Å². The Balaban J connectivity index is 0. The van der Waals surface area contributed by atoms with Gasteiger partial charge >= 0.3 is 0 Å². The van der Waals surface area contributed by atoms with Gasteiger partial charge in [-0.05, 0) is 0 Å². The Morgan fingerprint density at radius 1 is 0.909 bits per heavy atom. The van der Waals surface area contributed by atoms with Crippen molar-refractivity contribution in [2.75, 3.05) is 37.9 Å². The third kappa shape index (κ3) is 25.0. The normalized spacial score (nSPS) is 8.73. The Morgan fingerprint density at radius 3 is 1.45 bits per heavy atom. The van der Waals surface area contributed by atoms with E-state index >= 15 is 0 Å². The number of thiol groups is 2. The summed E-state index contributed by atoms with van der Waals surface area (Å²) in [5.74, 6) is 1.60. The summed E-state index contributed by atoms with van der Waals surface area (Å²) in [5, 5.41) is 15.2. The van der Waals surface area contributed by atoms with Gasteiger partial charge in [-0.15, -0.1) is 0 Å². The predicted molar refractivity (Wildman–Crippen MR) is 52.7 cm³/mol. The fourth-order valence-electron chi connectivity index (χ4n) is 0.231. The molecule has 0 aromatic heterocycles. The van der Waals surface area contributed by atoms with Crippen molar-refractivity contribution in [1.29, 1.82) is 0 Å². The zero-order valence-corrected chi connectivity index (χ0v) is 8.23. The Labute approximate surface area is 78.6 Å². The van der Waals surface area contributed by atoms with Crippen LogP contribution in [0, 0.1) is 0 Å². The van der Waals surface area contributed by atoms with E-state index in [9.17, 15) is 0 Å². The number of ether oxygens (including phenoxy) is 1. The molecule has 0 heterocycles. The molecule has 0 aliphatic rings. The topological polar surface area (TPSA) is 49.7 Å². The van der Waals surface area contributed by atoms with Gasteiger partial charge in [0.05, 0.1) is 26.4 Å². The van der Waals surface area contributed by atoms with Gasteiger partial charge < -0.3 is 14.9 Å². The number of aliphatic hydroxyl groups is 2. The van der Waals surface area contributed by atoms with Crippen molar-refractivity contribution in [2.45, 2.75) is 0 Å². The first kappa shape index (κ1) is 14.1. The second-order valence-electron chi connectivity index (χ2n) is 1.51. The summed E-state index contributed by atoms with van der Waals surface area (Å²) in [6, 6.07) is 0. The van der Waals surface area contributed by atoms with Crippen LogP contribution < -0.4 is 0 Å². The molecular weight excluding hydrogens is 184 g/mol. The molecule has 5 heteroatoms. The lowest BCUT2D eigenvalue weighted by Crippen LogP contribution is -1.97. The van der Waals surface area contributed by atoms with Crippen LogP contribution in [0.4, 0.5) is 0 Å². The minimum atomic E-state index is -0.125. The lowest BCUT2D eigenvalue weighted by molar-refractivity contribution is 0.167. The highest BCUT2D eigenvalue weighted by atomic mass is 32.1. The highest BCUT2D eigenvalue weighted by Crippen LogP contribution is 1.79. The molecule has 2 N–H and O–H groups in total. The van der Waals surface area contributed by atoms with Crippen LogP contribution in [0.15, 0.2) is 0 Å². The Hall–Kier alpha value is 0.580. The molecule has 0 fully saturated rings. The molecule has 11 heavy (non-hydrogen) atoms. The number of rotatable bonds is 5. The molecule has 0 unspecified atom stereocenters. The van der Waals surface area contributed by atoms with E-state index in [1.165, 1.54) is 0 Å². The Morgan fingerprint density at radius 2 is 1.27 bits per heavy atom. The van der Waals surface area contributed by atoms with Gasteiger partial charge in [0.2, 0.25) is 0 Å². The lowest BCUT2D eigenvalue weighted by atomic mass is 10.8. The summed E-state index contributed by atoms with van der Waals surface area (Å²) >= 11 is 7.89. The van der Waals surface area contributed by atoms with Crippen molar-refractivity contribution in [3.05, 3.63) is 0 Å². The van der Waals surface area contributed by atoms with Gasteiger partial charge in [-0.3, -0.25) is 0 Å². The maximum absolute atomic E-state index is 7.62. The van der Waals surface area contributed by atoms with E-state index in [2.05, 4.69) is 25.3 Å². The highest BCUT2D eigenvalue weighted by molar-refractivity contribution is 7.80. The third-order valence-corrected chi connectivity index (χ3v) is 0.936. The second kappa shape index (κ2) is 16.9. The maximum atomic E-state index is 7.62. The fourth-order valence-corrected chi connectivity index (χ4v) is 0.489. The van der Waals surface area contributed by atoms with E-state index < -0.39 is 0 Å². The average Bonchev–Trinajstić information content (AvgIpc) is 2.06. The van der Waals surface area contributed by atoms with Crippen LogP contribution >= 0.6 is 25.3 Å². The van der Waals surface area contributed by atoms with Gasteiger partial charge in [-0.1, -0.05) is 0 Å². The monoisotopic (exact) mass is 200 g/mol. The fraction of sp³-hybridized carbons (Fsp3) is 1.00. The summed E-state index contributed by atoms with van der Waals surface area (Å²) in [7, 11) is 0.